The lowest BCUT2D eigenvalue weighted by Crippen LogP contribution is -2.49. The van der Waals surface area contributed by atoms with Gasteiger partial charge in [0.15, 0.2) is 0 Å². The minimum Gasteiger partial charge on any atom is -0.311 e. The van der Waals surface area contributed by atoms with Crippen LogP contribution in [0, 0.1) is 6.92 Å². The largest absolute Gasteiger partial charge is 0.311 e. The fourth-order valence-corrected chi connectivity index (χ4v) is 2.69. The molecule has 1 saturated heterocycles. The third-order valence-electron chi connectivity index (χ3n) is 3.93. The molecule has 1 aliphatic heterocycles. The average molecular weight is 246 g/mol. The first-order chi connectivity index (χ1) is 8.39. The standard InChI is InChI=1S/C16H26N2/c1-11-10-13(16(3,4)5)6-7-14(11)15-12(2)17-8-9-18-15/h6-7,10,12,15,17-18H,8-9H2,1-5H3. The molecule has 18 heavy (non-hydrogen) atoms. The zero-order valence-corrected chi connectivity index (χ0v) is 12.3. The third-order valence-corrected chi connectivity index (χ3v) is 3.93. The van der Waals surface area contributed by atoms with Crippen molar-refractivity contribution in [2.45, 2.75) is 52.1 Å². The molecule has 0 aromatic heterocycles. The molecule has 1 aromatic carbocycles. The Morgan fingerprint density at radius 1 is 1.11 bits per heavy atom. The molecule has 2 heteroatoms. The van der Waals surface area contributed by atoms with E-state index in [4.69, 9.17) is 0 Å². The maximum Gasteiger partial charge on any atom is 0.0476 e. The maximum absolute atomic E-state index is 3.62. The number of nitrogens with one attached hydrogen (secondary N) is 2. The zero-order chi connectivity index (χ0) is 13.3. The van der Waals surface area contributed by atoms with E-state index in [1.54, 1.807) is 0 Å². The van der Waals surface area contributed by atoms with E-state index in [0.717, 1.165) is 13.1 Å². The number of hydrogen-bond acceptors (Lipinski definition) is 2. The van der Waals surface area contributed by atoms with E-state index < -0.39 is 0 Å². The molecule has 0 bridgehead atoms. The molecule has 100 valence electrons. The molecule has 1 aromatic rings. The molecule has 2 N–H and O–H groups in total. The van der Waals surface area contributed by atoms with Crippen molar-refractivity contribution in [1.29, 1.82) is 0 Å². The summed E-state index contributed by atoms with van der Waals surface area (Å²) < 4.78 is 0. The molecule has 1 fully saturated rings. The number of benzene rings is 1. The van der Waals surface area contributed by atoms with E-state index in [-0.39, 0.29) is 5.41 Å². The van der Waals surface area contributed by atoms with Crippen molar-refractivity contribution in [1.82, 2.24) is 10.6 Å². The molecule has 0 spiro atoms. The second kappa shape index (κ2) is 5.02. The Labute approximate surface area is 111 Å². The van der Waals surface area contributed by atoms with Gasteiger partial charge in [0.25, 0.3) is 0 Å². The summed E-state index contributed by atoms with van der Waals surface area (Å²) in [5, 5.41) is 7.16. The lowest BCUT2D eigenvalue weighted by molar-refractivity contribution is 0.344. The van der Waals surface area contributed by atoms with E-state index in [1.807, 2.05) is 0 Å². The first kappa shape index (κ1) is 13.6. The van der Waals surface area contributed by atoms with Gasteiger partial charge >= 0.3 is 0 Å². The molecular weight excluding hydrogens is 220 g/mol. The molecule has 0 saturated carbocycles. The molecule has 2 unspecified atom stereocenters. The summed E-state index contributed by atoms with van der Waals surface area (Å²) in [7, 11) is 0. The highest BCUT2D eigenvalue weighted by Crippen LogP contribution is 2.28. The Bertz CT molecular complexity index is 418. The molecule has 2 nitrogen and oxygen atoms in total. The summed E-state index contributed by atoms with van der Waals surface area (Å²) in [6, 6.07) is 7.87. The van der Waals surface area contributed by atoms with Crippen LogP contribution < -0.4 is 10.6 Å². The van der Waals surface area contributed by atoms with Crippen molar-refractivity contribution >= 4 is 0 Å². The lowest BCUT2D eigenvalue weighted by atomic mass is 9.84. The van der Waals surface area contributed by atoms with Gasteiger partial charge in [0, 0.05) is 25.2 Å². The van der Waals surface area contributed by atoms with Crippen LogP contribution in [0.3, 0.4) is 0 Å². The van der Waals surface area contributed by atoms with Crippen molar-refractivity contribution in [3.63, 3.8) is 0 Å². The predicted molar refractivity (Wildman–Crippen MR) is 78.1 cm³/mol. The lowest BCUT2D eigenvalue weighted by Gasteiger charge is -2.33. The topological polar surface area (TPSA) is 24.1 Å². The Morgan fingerprint density at radius 3 is 2.33 bits per heavy atom. The molecule has 1 aliphatic rings. The zero-order valence-electron chi connectivity index (χ0n) is 12.3. The second-order valence-electron chi connectivity index (χ2n) is 6.50. The van der Waals surface area contributed by atoms with Crippen molar-refractivity contribution in [3.8, 4) is 0 Å². The fourth-order valence-electron chi connectivity index (χ4n) is 2.69. The van der Waals surface area contributed by atoms with Crippen molar-refractivity contribution in [2.75, 3.05) is 13.1 Å². The molecule has 1 heterocycles. The predicted octanol–water partition coefficient (Wildman–Crippen LogP) is 2.91. The Kier molecular flexibility index (Phi) is 3.79. The van der Waals surface area contributed by atoms with Crippen LogP contribution in [0.1, 0.15) is 50.4 Å². The van der Waals surface area contributed by atoms with E-state index in [2.05, 4.69) is 63.5 Å². The van der Waals surface area contributed by atoms with Crippen LogP contribution in [0.5, 0.6) is 0 Å². The van der Waals surface area contributed by atoms with Gasteiger partial charge in [0.1, 0.15) is 0 Å². The molecular formula is C16H26N2. The SMILES string of the molecule is Cc1cc(C(C)(C)C)ccc1C1NCCNC1C. The smallest absolute Gasteiger partial charge is 0.0476 e. The third kappa shape index (κ3) is 2.76. The number of rotatable bonds is 1. The van der Waals surface area contributed by atoms with Crippen LogP contribution in [-0.2, 0) is 5.41 Å². The summed E-state index contributed by atoms with van der Waals surface area (Å²) >= 11 is 0. The molecule has 2 rings (SSSR count). The van der Waals surface area contributed by atoms with E-state index >= 15 is 0 Å². The van der Waals surface area contributed by atoms with Gasteiger partial charge in [0.2, 0.25) is 0 Å². The minimum atomic E-state index is 0.229. The van der Waals surface area contributed by atoms with Gasteiger partial charge in [0.05, 0.1) is 0 Å². The van der Waals surface area contributed by atoms with E-state index in [0.29, 0.717) is 12.1 Å². The highest BCUT2D eigenvalue weighted by Gasteiger charge is 2.24. The summed E-state index contributed by atoms with van der Waals surface area (Å²) in [5.41, 5.74) is 4.48. The first-order valence-electron chi connectivity index (χ1n) is 6.97. The fraction of sp³-hybridized carbons (Fsp3) is 0.625. The van der Waals surface area contributed by atoms with Crippen molar-refractivity contribution in [3.05, 3.63) is 34.9 Å². The molecule has 2 atom stereocenters. The number of aryl methyl sites for hydroxylation is 1. The monoisotopic (exact) mass is 246 g/mol. The summed E-state index contributed by atoms with van der Waals surface area (Å²) in [4.78, 5) is 0. The van der Waals surface area contributed by atoms with Crippen LogP contribution in [-0.4, -0.2) is 19.1 Å². The van der Waals surface area contributed by atoms with Crippen LogP contribution in [0.4, 0.5) is 0 Å². The quantitative estimate of drug-likeness (QED) is 0.796. The highest BCUT2D eigenvalue weighted by atomic mass is 15.1. The van der Waals surface area contributed by atoms with E-state index in [9.17, 15) is 0 Å². The van der Waals surface area contributed by atoms with Gasteiger partial charge in [-0.15, -0.1) is 0 Å². The Morgan fingerprint density at radius 2 is 1.78 bits per heavy atom. The first-order valence-corrected chi connectivity index (χ1v) is 6.97. The Balaban J connectivity index is 2.29. The molecule has 0 aliphatic carbocycles. The van der Waals surface area contributed by atoms with Gasteiger partial charge in [-0.05, 0) is 36.0 Å². The van der Waals surface area contributed by atoms with E-state index in [1.165, 1.54) is 16.7 Å². The van der Waals surface area contributed by atoms with Crippen molar-refractivity contribution < 1.29 is 0 Å². The highest BCUT2D eigenvalue weighted by molar-refractivity contribution is 5.37. The van der Waals surface area contributed by atoms with Gasteiger partial charge in [-0.2, -0.15) is 0 Å². The van der Waals surface area contributed by atoms with Gasteiger partial charge in [-0.1, -0.05) is 39.0 Å². The summed E-state index contributed by atoms with van der Waals surface area (Å²) in [5.74, 6) is 0. The molecule has 0 radical (unpaired) electrons. The number of piperazine rings is 1. The van der Waals surface area contributed by atoms with Gasteiger partial charge in [-0.25, -0.2) is 0 Å². The van der Waals surface area contributed by atoms with Crippen LogP contribution >= 0.6 is 0 Å². The maximum atomic E-state index is 3.62. The van der Waals surface area contributed by atoms with Crippen LogP contribution in [0.25, 0.3) is 0 Å². The second-order valence-corrected chi connectivity index (χ2v) is 6.50. The average Bonchev–Trinajstić information content (AvgIpc) is 2.29. The van der Waals surface area contributed by atoms with Crippen LogP contribution in [0.15, 0.2) is 18.2 Å². The minimum absolute atomic E-state index is 0.229. The van der Waals surface area contributed by atoms with Crippen molar-refractivity contribution in [2.24, 2.45) is 0 Å². The summed E-state index contributed by atoms with van der Waals surface area (Å²) in [6.07, 6.45) is 0. The summed E-state index contributed by atoms with van der Waals surface area (Å²) in [6.45, 7) is 13.4. The van der Waals surface area contributed by atoms with Gasteiger partial charge in [-0.3, -0.25) is 0 Å². The van der Waals surface area contributed by atoms with Crippen LogP contribution in [0.2, 0.25) is 0 Å². The van der Waals surface area contributed by atoms with Gasteiger partial charge < -0.3 is 10.6 Å². The Hall–Kier alpha value is -0.860. The normalized spacial score (nSPS) is 25.2. The number of hydrogen-bond donors (Lipinski definition) is 2. The molecule has 0 amide bonds.